The van der Waals surface area contributed by atoms with E-state index in [1.165, 1.54) is 11.8 Å². The predicted molar refractivity (Wildman–Crippen MR) is 143 cm³/mol. The van der Waals surface area contributed by atoms with E-state index in [9.17, 15) is 19.8 Å². The number of rotatable bonds is 4. The van der Waals surface area contributed by atoms with Gasteiger partial charge in [-0.05, 0) is 67.7 Å². The number of ketones is 2. The Morgan fingerprint density at radius 2 is 1.97 bits per heavy atom. The number of para-hydroxylation sites is 2. The van der Waals surface area contributed by atoms with Crippen LogP contribution in [0.25, 0.3) is 11.0 Å². The molecule has 194 valence electrons. The van der Waals surface area contributed by atoms with Crippen LogP contribution >= 0.6 is 11.8 Å². The fraction of sp³-hybridized carbons (Fsp3) is 0.533. The van der Waals surface area contributed by atoms with E-state index in [-0.39, 0.29) is 46.4 Å². The van der Waals surface area contributed by atoms with E-state index < -0.39 is 17.1 Å². The summed E-state index contributed by atoms with van der Waals surface area (Å²) in [6.45, 7) is 6.33. The molecule has 0 amide bonds. The van der Waals surface area contributed by atoms with Gasteiger partial charge in [0.05, 0.1) is 29.1 Å². The molecule has 1 aromatic heterocycles. The number of aliphatic hydroxyl groups excluding tert-OH is 1. The molecule has 2 aromatic rings. The summed E-state index contributed by atoms with van der Waals surface area (Å²) in [6, 6.07) is 7.62. The zero-order valence-electron chi connectivity index (χ0n) is 21.6. The number of fused-ring (bicyclic) bond motifs is 6. The van der Waals surface area contributed by atoms with E-state index in [2.05, 4.69) is 23.8 Å². The van der Waals surface area contributed by atoms with Crippen molar-refractivity contribution >= 4 is 34.4 Å². The predicted octanol–water partition coefficient (Wildman–Crippen LogP) is 4.55. The highest BCUT2D eigenvalue weighted by atomic mass is 32.2. The van der Waals surface area contributed by atoms with Crippen molar-refractivity contribution in [3.63, 3.8) is 0 Å². The maximum absolute atomic E-state index is 13.7. The van der Waals surface area contributed by atoms with Crippen LogP contribution in [0.4, 0.5) is 0 Å². The molecule has 2 N–H and O–H groups in total. The van der Waals surface area contributed by atoms with Crippen molar-refractivity contribution in [2.45, 2.75) is 63.2 Å². The number of thioether (sulfide) groups is 1. The second-order valence-electron chi connectivity index (χ2n) is 12.0. The number of carbonyl (C=O) groups is 2. The van der Waals surface area contributed by atoms with Crippen molar-refractivity contribution in [1.29, 1.82) is 0 Å². The number of allylic oxidation sites excluding steroid dienone is 4. The Morgan fingerprint density at radius 3 is 2.76 bits per heavy atom. The quantitative estimate of drug-likeness (QED) is 0.573. The van der Waals surface area contributed by atoms with Crippen LogP contribution in [0.2, 0.25) is 0 Å². The number of Topliss-reactive ketones (excluding diaryl/α,β-unsaturated/α-hetero) is 1. The molecule has 6 rings (SSSR count). The summed E-state index contributed by atoms with van der Waals surface area (Å²) in [5.41, 5.74) is 0.123. The SMILES string of the molecule is C[C@H]1CC2C([C@@H](O)CC3(C)C2CC[C@]3(O)C(=O)CSc2cnc3ccccc3n2)C2(C)C=CC(=O)C=C12. The molecule has 6 nitrogen and oxygen atoms in total. The van der Waals surface area contributed by atoms with Gasteiger partial charge in [0.1, 0.15) is 10.6 Å². The number of carbonyl (C=O) groups excluding carboxylic acids is 2. The number of aliphatic hydroxyl groups is 2. The molecule has 1 aromatic carbocycles. The third-order valence-electron chi connectivity index (χ3n) is 10.2. The van der Waals surface area contributed by atoms with Crippen molar-refractivity contribution in [3.8, 4) is 0 Å². The van der Waals surface area contributed by atoms with Gasteiger partial charge in [0.2, 0.25) is 0 Å². The normalized spacial score (nSPS) is 40.6. The Labute approximate surface area is 221 Å². The van der Waals surface area contributed by atoms with Crippen molar-refractivity contribution in [3.05, 3.63) is 54.3 Å². The van der Waals surface area contributed by atoms with Gasteiger partial charge in [0.25, 0.3) is 0 Å². The van der Waals surface area contributed by atoms with Crippen LogP contribution in [0.15, 0.2) is 59.3 Å². The summed E-state index contributed by atoms with van der Waals surface area (Å²) in [5, 5.41) is 24.3. The third-order valence-corrected chi connectivity index (χ3v) is 11.1. The van der Waals surface area contributed by atoms with E-state index in [1.807, 2.05) is 37.3 Å². The van der Waals surface area contributed by atoms with Crippen LogP contribution in [0.5, 0.6) is 0 Å². The first-order valence-electron chi connectivity index (χ1n) is 13.3. The lowest BCUT2D eigenvalue weighted by Crippen LogP contribution is -2.62. The topological polar surface area (TPSA) is 100 Å². The van der Waals surface area contributed by atoms with Crippen molar-refractivity contribution in [1.82, 2.24) is 9.97 Å². The minimum atomic E-state index is -1.49. The molecule has 0 saturated heterocycles. The van der Waals surface area contributed by atoms with E-state index >= 15 is 0 Å². The van der Waals surface area contributed by atoms with Crippen LogP contribution in [-0.2, 0) is 9.59 Å². The molecular formula is C30H34N2O4S. The van der Waals surface area contributed by atoms with E-state index in [0.29, 0.717) is 17.9 Å². The lowest BCUT2D eigenvalue weighted by Gasteiger charge is -2.60. The zero-order valence-corrected chi connectivity index (χ0v) is 22.4. The largest absolute Gasteiger partial charge is 0.393 e. The fourth-order valence-electron chi connectivity index (χ4n) is 8.48. The van der Waals surface area contributed by atoms with E-state index in [4.69, 9.17) is 0 Å². The lowest BCUT2D eigenvalue weighted by molar-refractivity contribution is -0.176. The molecule has 37 heavy (non-hydrogen) atoms. The van der Waals surface area contributed by atoms with Crippen LogP contribution in [0.3, 0.4) is 0 Å². The Bertz CT molecular complexity index is 1360. The van der Waals surface area contributed by atoms with Gasteiger partial charge in [0, 0.05) is 16.7 Å². The molecule has 8 atom stereocenters. The molecule has 0 radical (unpaired) electrons. The number of nitrogens with zero attached hydrogens (tertiary/aromatic N) is 2. The van der Waals surface area contributed by atoms with Gasteiger partial charge in [-0.15, -0.1) is 0 Å². The van der Waals surface area contributed by atoms with Gasteiger partial charge in [-0.2, -0.15) is 0 Å². The maximum Gasteiger partial charge on any atom is 0.178 e. The van der Waals surface area contributed by atoms with Crippen molar-refractivity contribution < 1.29 is 19.8 Å². The van der Waals surface area contributed by atoms with E-state index in [1.54, 1.807) is 18.3 Å². The highest BCUT2D eigenvalue weighted by Gasteiger charge is 2.68. The molecule has 4 aliphatic rings. The summed E-state index contributed by atoms with van der Waals surface area (Å²) in [4.78, 5) is 34.9. The second-order valence-corrected chi connectivity index (χ2v) is 13.0. The molecule has 5 unspecified atom stereocenters. The molecule has 1 heterocycles. The van der Waals surface area contributed by atoms with Gasteiger partial charge in [-0.3, -0.25) is 14.6 Å². The summed E-state index contributed by atoms with van der Waals surface area (Å²) < 4.78 is 0. The summed E-state index contributed by atoms with van der Waals surface area (Å²) in [5.74, 6) is 0.418. The Hall–Kier alpha value is -2.35. The first kappa shape index (κ1) is 25.0. The minimum absolute atomic E-state index is 0.0161. The van der Waals surface area contributed by atoms with Crippen LogP contribution in [-0.4, -0.2) is 49.2 Å². The Kier molecular flexibility index (Phi) is 5.79. The number of aromatic nitrogens is 2. The maximum atomic E-state index is 13.7. The average Bonchev–Trinajstić information content (AvgIpc) is 3.14. The Morgan fingerprint density at radius 1 is 1.22 bits per heavy atom. The first-order chi connectivity index (χ1) is 17.6. The third kappa shape index (κ3) is 3.61. The van der Waals surface area contributed by atoms with Crippen LogP contribution in [0.1, 0.15) is 46.5 Å². The minimum Gasteiger partial charge on any atom is -0.393 e. The summed E-state index contributed by atoms with van der Waals surface area (Å²) in [7, 11) is 0. The highest BCUT2D eigenvalue weighted by Crippen LogP contribution is 2.67. The molecular weight excluding hydrogens is 484 g/mol. The molecule has 3 saturated carbocycles. The van der Waals surface area contributed by atoms with Crippen molar-refractivity contribution in [2.24, 2.45) is 34.5 Å². The van der Waals surface area contributed by atoms with Crippen LogP contribution < -0.4 is 0 Å². The molecule has 7 heteroatoms. The number of hydrogen-bond donors (Lipinski definition) is 2. The monoisotopic (exact) mass is 518 g/mol. The summed E-state index contributed by atoms with van der Waals surface area (Å²) >= 11 is 1.31. The second kappa shape index (κ2) is 8.58. The molecule has 0 aliphatic heterocycles. The molecule has 0 spiro atoms. The van der Waals surface area contributed by atoms with Gasteiger partial charge >= 0.3 is 0 Å². The highest BCUT2D eigenvalue weighted by molar-refractivity contribution is 7.99. The molecule has 0 bridgehead atoms. The van der Waals surface area contributed by atoms with Gasteiger partial charge in [0.15, 0.2) is 11.6 Å². The lowest BCUT2D eigenvalue weighted by atomic mass is 9.45. The van der Waals surface area contributed by atoms with Crippen molar-refractivity contribution in [2.75, 3.05) is 5.75 Å². The van der Waals surface area contributed by atoms with Crippen LogP contribution in [0, 0.1) is 34.5 Å². The standard InChI is InChI=1S/C30H34N2O4S/c1-17-12-19-20-9-11-30(36,25(35)16-37-26-15-31-22-6-4-5-7-23(22)32-26)29(20,3)14-24(34)27(19)28(2)10-8-18(33)13-21(17)28/h4-8,10,13,15,17,19-20,24,27,34,36H,9,11-12,14,16H2,1-3H3/t17-,19?,20?,24-,27?,28?,29?,30-/m0/s1. The number of benzene rings is 1. The summed E-state index contributed by atoms with van der Waals surface area (Å²) in [6.07, 6.45) is 8.82. The fourth-order valence-corrected chi connectivity index (χ4v) is 9.29. The van der Waals surface area contributed by atoms with Gasteiger partial charge in [-0.1, -0.05) is 56.3 Å². The van der Waals surface area contributed by atoms with Gasteiger partial charge < -0.3 is 10.2 Å². The smallest absolute Gasteiger partial charge is 0.178 e. The Balaban J connectivity index is 1.26. The molecule has 4 aliphatic carbocycles. The molecule has 3 fully saturated rings. The first-order valence-corrected chi connectivity index (χ1v) is 14.3. The average molecular weight is 519 g/mol. The van der Waals surface area contributed by atoms with Gasteiger partial charge in [-0.25, -0.2) is 4.98 Å². The van der Waals surface area contributed by atoms with E-state index in [0.717, 1.165) is 29.4 Å². The zero-order chi connectivity index (χ0) is 26.2. The number of hydrogen-bond acceptors (Lipinski definition) is 7.